The van der Waals surface area contributed by atoms with Crippen molar-refractivity contribution in [3.63, 3.8) is 0 Å². The molecule has 1 aromatic carbocycles. The number of aliphatic hydroxyl groups is 1. The van der Waals surface area contributed by atoms with E-state index < -0.39 is 6.35 Å². The van der Waals surface area contributed by atoms with Gasteiger partial charge in [0.15, 0.2) is 6.35 Å². The summed E-state index contributed by atoms with van der Waals surface area (Å²) in [6.45, 7) is 5.70. The molecule has 0 aliphatic rings. The van der Waals surface area contributed by atoms with Crippen LogP contribution in [0.25, 0.3) is 0 Å². The second kappa shape index (κ2) is 6.56. The summed E-state index contributed by atoms with van der Waals surface area (Å²) in [6, 6.07) is 10.0. The molecule has 0 amide bonds. The molecule has 3 heteroatoms. The van der Waals surface area contributed by atoms with E-state index in [0.29, 0.717) is 12.5 Å². The van der Waals surface area contributed by atoms with Gasteiger partial charge in [-0.2, -0.15) is 0 Å². The van der Waals surface area contributed by atoms with Gasteiger partial charge < -0.3 is 5.11 Å². The van der Waals surface area contributed by atoms with Gasteiger partial charge in [0.05, 0.1) is 0 Å². The molecule has 0 aromatic heterocycles. The lowest BCUT2D eigenvalue weighted by molar-refractivity contribution is 0.0963. The molecule has 0 fully saturated rings. The Morgan fingerprint density at radius 3 is 2.40 bits per heavy atom. The van der Waals surface area contributed by atoms with Crippen molar-refractivity contribution in [2.45, 2.75) is 26.7 Å². The van der Waals surface area contributed by atoms with Crippen LogP contribution in [0.2, 0.25) is 0 Å². The van der Waals surface area contributed by atoms with E-state index in [1.54, 1.807) is 0 Å². The fourth-order valence-corrected chi connectivity index (χ4v) is 1.23. The Morgan fingerprint density at radius 1 is 1.13 bits per heavy atom. The van der Waals surface area contributed by atoms with E-state index in [1.807, 2.05) is 30.3 Å². The zero-order valence-electron chi connectivity index (χ0n) is 9.40. The highest BCUT2D eigenvalue weighted by molar-refractivity contribution is 5.14. The predicted octanol–water partition coefficient (Wildman–Crippen LogP) is 1.30. The molecule has 0 aliphatic carbocycles. The SMILES string of the molecule is CC(C)CNC(O)NCc1ccccc1. The standard InChI is InChI=1S/C12H20N2O/c1-10(2)8-13-12(15)14-9-11-6-4-3-5-7-11/h3-7,10,12-15H,8-9H2,1-2H3. The molecule has 0 radical (unpaired) electrons. The summed E-state index contributed by atoms with van der Waals surface area (Å²) in [7, 11) is 0. The zero-order chi connectivity index (χ0) is 11.1. The highest BCUT2D eigenvalue weighted by Gasteiger charge is 2.02. The minimum atomic E-state index is -0.632. The first kappa shape index (κ1) is 12.2. The van der Waals surface area contributed by atoms with Gasteiger partial charge in [0.1, 0.15) is 0 Å². The molecule has 0 saturated carbocycles. The largest absolute Gasteiger partial charge is 0.365 e. The van der Waals surface area contributed by atoms with Crippen molar-refractivity contribution >= 4 is 0 Å². The van der Waals surface area contributed by atoms with Gasteiger partial charge in [-0.25, -0.2) is 0 Å². The van der Waals surface area contributed by atoms with Crippen LogP contribution in [0.1, 0.15) is 19.4 Å². The normalized spacial score (nSPS) is 13.1. The lowest BCUT2D eigenvalue weighted by atomic mass is 10.2. The molecular weight excluding hydrogens is 188 g/mol. The molecule has 84 valence electrons. The van der Waals surface area contributed by atoms with Gasteiger partial charge in [-0.05, 0) is 11.5 Å². The summed E-state index contributed by atoms with van der Waals surface area (Å²) in [4.78, 5) is 0. The quantitative estimate of drug-likeness (QED) is 0.617. The third kappa shape index (κ3) is 5.52. The fourth-order valence-electron chi connectivity index (χ4n) is 1.23. The molecule has 1 atom stereocenters. The van der Waals surface area contributed by atoms with Gasteiger partial charge in [-0.15, -0.1) is 0 Å². The summed E-state index contributed by atoms with van der Waals surface area (Å²) >= 11 is 0. The van der Waals surface area contributed by atoms with Crippen LogP contribution in [0.3, 0.4) is 0 Å². The van der Waals surface area contributed by atoms with Gasteiger partial charge in [-0.3, -0.25) is 10.6 Å². The lowest BCUT2D eigenvalue weighted by Gasteiger charge is -2.15. The van der Waals surface area contributed by atoms with E-state index in [9.17, 15) is 5.11 Å². The first-order chi connectivity index (χ1) is 7.18. The molecule has 3 N–H and O–H groups in total. The molecular formula is C12H20N2O. The molecule has 0 aliphatic heterocycles. The van der Waals surface area contributed by atoms with Crippen LogP contribution in [0.15, 0.2) is 30.3 Å². The second-order valence-corrected chi connectivity index (χ2v) is 4.07. The minimum absolute atomic E-state index is 0.540. The third-order valence-electron chi connectivity index (χ3n) is 2.06. The zero-order valence-corrected chi connectivity index (χ0v) is 9.40. The van der Waals surface area contributed by atoms with Crippen molar-refractivity contribution < 1.29 is 5.11 Å². The van der Waals surface area contributed by atoms with E-state index in [4.69, 9.17) is 0 Å². The third-order valence-corrected chi connectivity index (χ3v) is 2.06. The maximum Gasteiger partial charge on any atom is 0.160 e. The van der Waals surface area contributed by atoms with Crippen molar-refractivity contribution in [3.8, 4) is 0 Å². The molecule has 15 heavy (non-hydrogen) atoms. The maximum atomic E-state index is 9.54. The number of benzene rings is 1. The Morgan fingerprint density at radius 2 is 1.80 bits per heavy atom. The van der Waals surface area contributed by atoms with Crippen LogP contribution in [0.4, 0.5) is 0 Å². The highest BCUT2D eigenvalue weighted by atomic mass is 16.3. The maximum absolute atomic E-state index is 9.54. The second-order valence-electron chi connectivity index (χ2n) is 4.07. The van der Waals surface area contributed by atoms with Gasteiger partial charge >= 0.3 is 0 Å². The van der Waals surface area contributed by atoms with Gasteiger partial charge in [-0.1, -0.05) is 44.2 Å². The van der Waals surface area contributed by atoms with Crippen LogP contribution in [0, 0.1) is 5.92 Å². The van der Waals surface area contributed by atoms with Crippen molar-refractivity contribution in [1.29, 1.82) is 0 Å². The first-order valence-corrected chi connectivity index (χ1v) is 5.37. The fraction of sp³-hybridized carbons (Fsp3) is 0.500. The Kier molecular flexibility index (Phi) is 5.32. The van der Waals surface area contributed by atoms with E-state index in [2.05, 4.69) is 24.5 Å². The topological polar surface area (TPSA) is 44.3 Å². The Bertz CT molecular complexity index is 262. The average Bonchev–Trinajstić information content (AvgIpc) is 2.25. The molecule has 1 rings (SSSR count). The molecule has 0 spiro atoms. The monoisotopic (exact) mass is 208 g/mol. The van der Waals surface area contributed by atoms with Crippen LogP contribution < -0.4 is 10.6 Å². The molecule has 0 bridgehead atoms. The smallest absolute Gasteiger partial charge is 0.160 e. The van der Waals surface area contributed by atoms with E-state index in [-0.39, 0.29) is 0 Å². The Labute approximate surface area is 91.5 Å². The van der Waals surface area contributed by atoms with Crippen LogP contribution in [-0.2, 0) is 6.54 Å². The van der Waals surface area contributed by atoms with Crippen molar-refractivity contribution in [3.05, 3.63) is 35.9 Å². The summed E-state index contributed by atoms with van der Waals surface area (Å²) in [5.74, 6) is 0.540. The number of hydrogen-bond donors (Lipinski definition) is 3. The number of hydrogen-bond acceptors (Lipinski definition) is 3. The Hall–Kier alpha value is -0.900. The Balaban J connectivity index is 2.19. The summed E-state index contributed by atoms with van der Waals surface area (Å²) in [5, 5.41) is 15.5. The van der Waals surface area contributed by atoms with E-state index >= 15 is 0 Å². The number of nitrogens with one attached hydrogen (secondary N) is 2. The first-order valence-electron chi connectivity index (χ1n) is 5.37. The molecule has 1 unspecified atom stereocenters. The minimum Gasteiger partial charge on any atom is -0.365 e. The molecule has 0 saturated heterocycles. The van der Waals surface area contributed by atoms with Gasteiger partial charge in [0.25, 0.3) is 0 Å². The average molecular weight is 208 g/mol. The van der Waals surface area contributed by atoms with Crippen LogP contribution in [-0.4, -0.2) is 18.0 Å². The highest BCUT2D eigenvalue weighted by Crippen LogP contribution is 1.97. The van der Waals surface area contributed by atoms with Crippen molar-refractivity contribution in [2.24, 2.45) is 5.92 Å². The van der Waals surface area contributed by atoms with Gasteiger partial charge in [0, 0.05) is 13.1 Å². The summed E-state index contributed by atoms with van der Waals surface area (Å²) < 4.78 is 0. The number of rotatable bonds is 6. The van der Waals surface area contributed by atoms with E-state index in [0.717, 1.165) is 6.54 Å². The number of aliphatic hydroxyl groups excluding tert-OH is 1. The molecule has 1 aromatic rings. The van der Waals surface area contributed by atoms with Gasteiger partial charge in [0.2, 0.25) is 0 Å². The summed E-state index contributed by atoms with van der Waals surface area (Å²) in [6.07, 6.45) is -0.632. The van der Waals surface area contributed by atoms with E-state index in [1.165, 1.54) is 5.56 Å². The summed E-state index contributed by atoms with van der Waals surface area (Å²) in [5.41, 5.74) is 1.17. The molecule has 0 heterocycles. The van der Waals surface area contributed by atoms with Crippen LogP contribution in [0.5, 0.6) is 0 Å². The van der Waals surface area contributed by atoms with Crippen molar-refractivity contribution in [1.82, 2.24) is 10.6 Å². The predicted molar refractivity (Wildman–Crippen MR) is 62.1 cm³/mol. The van der Waals surface area contributed by atoms with Crippen molar-refractivity contribution in [2.75, 3.05) is 6.54 Å². The van der Waals surface area contributed by atoms with Crippen LogP contribution >= 0.6 is 0 Å². The lowest BCUT2D eigenvalue weighted by Crippen LogP contribution is -2.43. The molecule has 3 nitrogen and oxygen atoms in total.